The highest BCUT2D eigenvalue weighted by Crippen LogP contribution is 2.45. The summed E-state index contributed by atoms with van der Waals surface area (Å²) in [5.41, 5.74) is 0. The molecular weight excluding hydrogens is 1220 g/mol. The van der Waals surface area contributed by atoms with Crippen molar-refractivity contribution in [3.8, 4) is 0 Å². The molecule has 0 bridgehead atoms. The van der Waals surface area contributed by atoms with Gasteiger partial charge in [0, 0.05) is 19.3 Å². The van der Waals surface area contributed by atoms with Crippen LogP contribution in [0.25, 0.3) is 0 Å². The van der Waals surface area contributed by atoms with Crippen LogP contribution in [0.3, 0.4) is 0 Å². The molecule has 0 aromatic heterocycles. The normalized spacial score (nSPS) is 15.0. The van der Waals surface area contributed by atoms with Crippen molar-refractivity contribution in [1.29, 1.82) is 0 Å². The first-order valence-corrected chi connectivity index (χ1v) is 38.5. The third kappa shape index (κ3) is 68.9. The van der Waals surface area contributed by atoms with E-state index < -0.39 is 91.5 Å². The Labute approximate surface area is 563 Å². The third-order valence-corrected chi connectivity index (χ3v) is 16.2. The average Bonchev–Trinajstić information content (AvgIpc) is 2.42. The van der Waals surface area contributed by atoms with Gasteiger partial charge in [0.05, 0.1) is 26.4 Å². The minimum absolute atomic E-state index is 0.0791. The van der Waals surface area contributed by atoms with E-state index >= 15 is 0 Å². The summed E-state index contributed by atoms with van der Waals surface area (Å²) >= 11 is 0. The van der Waals surface area contributed by atoms with Crippen LogP contribution in [-0.4, -0.2) is 95.9 Å². The number of aliphatic hydroxyl groups excluding tert-OH is 2. The van der Waals surface area contributed by atoms with E-state index in [9.17, 15) is 43.5 Å². The molecule has 16 nitrogen and oxygen atoms in total. The fourth-order valence-electron chi connectivity index (χ4n) is 8.97. The van der Waals surface area contributed by atoms with Crippen molar-refractivity contribution in [1.82, 2.24) is 0 Å². The Kier molecular flexibility index (Phi) is 64.5. The second kappa shape index (κ2) is 67.7. The molecule has 0 aliphatic carbocycles. The van der Waals surface area contributed by atoms with Crippen molar-refractivity contribution < 1.29 is 75.8 Å². The van der Waals surface area contributed by atoms with Gasteiger partial charge < -0.3 is 34.2 Å². The summed E-state index contributed by atoms with van der Waals surface area (Å²) < 4.78 is 60.8. The zero-order valence-electron chi connectivity index (χ0n) is 57.6. The molecule has 532 valence electrons. The molecule has 4 N–H and O–H groups in total. The Balaban J connectivity index is 4.47. The second-order valence-electron chi connectivity index (χ2n) is 23.3. The lowest BCUT2D eigenvalue weighted by Crippen LogP contribution is -2.30. The van der Waals surface area contributed by atoms with Crippen LogP contribution < -0.4 is 0 Å². The van der Waals surface area contributed by atoms with E-state index in [0.29, 0.717) is 25.7 Å². The summed E-state index contributed by atoms with van der Waals surface area (Å²) in [6.45, 7) is 2.31. The first-order valence-electron chi connectivity index (χ1n) is 35.5. The van der Waals surface area contributed by atoms with Gasteiger partial charge in [0.25, 0.3) is 0 Å². The molecule has 5 unspecified atom stereocenters. The van der Waals surface area contributed by atoms with Crippen LogP contribution in [0.5, 0.6) is 0 Å². The molecule has 0 amide bonds. The van der Waals surface area contributed by atoms with Crippen LogP contribution in [0, 0.1) is 0 Å². The minimum atomic E-state index is -4.94. The zero-order valence-corrected chi connectivity index (χ0v) is 59.4. The maximum Gasteiger partial charge on any atom is 0.472 e. The molecule has 18 heteroatoms. The molecule has 0 fully saturated rings. The number of esters is 3. The van der Waals surface area contributed by atoms with Crippen LogP contribution in [0.15, 0.2) is 134 Å². The quantitative estimate of drug-likeness (QED) is 0.0146. The number of carbonyl (C=O) groups excluding carboxylic acids is 3. The van der Waals surface area contributed by atoms with Crippen LogP contribution >= 0.6 is 15.6 Å². The van der Waals surface area contributed by atoms with Crippen molar-refractivity contribution in [3.05, 3.63) is 134 Å². The van der Waals surface area contributed by atoms with Crippen LogP contribution in [0.1, 0.15) is 265 Å². The van der Waals surface area contributed by atoms with E-state index in [2.05, 4.69) is 142 Å². The van der Waals surface area contributed by atoms with Crippen LogP contribution in [0.4, 0.5) is 0 Å². The second-order valence-corrected chi connectivity index (χ2v) is 26.2. The summed E-state index contributed by atoms with van der Waals surface area (Å²) in [4.78, 5) is 58.3. The minimum Gasteiger partial charge on any atom is -0.463 e. The van der Waals surface area contributed by atoms with E-state index in [1.54, 1.807) is 0 Å². The van der Waals surface area contributed by atoms with E-state index in [0.717, 1.165) is 128 Å². The van der Waals surface area contributed by atoms with Crippen molar-refractivity contribution in [2.24, 2.45) is 0 Å². The highest BCUT2D eigenvalue weighted by Gasteiger charge is 2.29. The highest BCUT2D eigenvalue weighted by molar-refractivity contribution is 7.47. The Bertz CT molecular complexity index is 2230. The van der Waals surface area contributed by atoms with Crippen molar-refractivity contribution in [2.75, 3.05) is 39.6 Å². The maximum atomic E-state index is 12.9. The monoisotopic (exact) mass is 1340 g/mol. The van der Waals surface area contributed by atoms with E-state index in [-0.39, 0.29) is 19.3 Å². The summed E-state index contributed by atoms with van der Waals surface area (Å²) in [5.74, 6) is -1.66. The topological polar surface area (TPSA) is 231 Å². The van der Waals surface area contributed by atoms with Gasteiger partial charge in [-0.2, -0.15) is 0 Å². The predicted octanol–water partition coefficient (Wildman–Crippen LogP) is 20.0. The van der Waals surface area contributed by atoms with Gasteiger partial charge in [-0.05, 0) is 122 Å². The van der Waals surface area contributed by atoms with E-state index in [1.807, 2.05) is 12.2 Å². The lowest BCUT2D eigenvalue weighted by atomic mass is 10.0. The SMILES string of the molecule is CC/C=C\C/C=C\C/C=C\C/C=C\C/C=C\CCCCCCCCCCCCCCCC(=O)OCC(O)COP(=O)(O)OCC(O)COP(=O)(O)OCC(COC(=O)CCC/C=C\C/C=C\C/C=C\C/C=C\C/C=C\CC)OC(=O)CCCCCCC/C=C\CCCC. The molecule has 93 heavy (non-hydrogen) atoms. The van der Waals surface area contributed by atoms with Gasteiger partial charge in [-0.15, -0.1) is 0 Å². The number of allylic oxidation sites excluding steroid dienone is 22. The predicted molar refractivity (Wildman–Crippen MR) is 380 cm³/mol. The number of hydrogen-bond donors (Lipinski definition) is 4. The van der Waals surface area contributed by atoms with Gasteiger partial charge in [-0.25, -0.2) is 9.13 Å². The number of unbranched alkanes of at least 4 members (excludes halogenated alkanes) is 21. The lowest BCUT2D eigenvalue weighted by Gasteiger charge is -2.21. The number of phosphoric ester groups is 2. The third-order valence-electron chi connectivity index (χ3n) is 14.3. The van der Waals surface area contributed by atoms with Crippen LogP contribution in [-0.2, 0) is 55.8 Å². The fourth-order valence-corrected chi connectivity index (χ4v) is 10.6. The van der Waals surface area contributed by atoms with Crippen molar-refractivity contribution in [3.63, 3.8) is 0 Å². The fraction of sp³-hybridized carbons (Fsp3) is 0.667. The highest BCUT2D eigenvalue weighted by atomic mass is 31.2. The van der Waals surface area contributed by atoms with Gasteiger partial charge in [0.1, 0.15) is 25.4 Å². The summed E-state index contributed by atoms with van der Waals surface area (Å²) in [6.07, 6.45) is 79.7. The average molecular weight is 1350 g/mol. The van der Waals surface area contributed by atoms with Crippen LogP contribution in [0.2, 0.25) is 0 Å². The number of phosphoric acid groups is 2. The maximum absolute atomic E-state index is 12.9. The number of ether oxygens (including phenoxy) is 3. The molecule has 0 rings (SSSR count). The van der Waals surface area contributed by atoms with Crippen molar-refractivity contribution >= 4 is 33.6 Å². The molecule has 0 aliphatic rings. The molecule has 0 heterocycles. The lowest BCUT2D eigenvalue weighted by molar-refractivity contribution is -0.161. The number of hydrogen-bond acceptors (Lipinski definition) is 14. The first-order chi connectivity index (χ1) is 45.2. The molecular formula is C75H126O16P2. The van der Waals surface area contributed by atoms with Gasteiger partial charge in [0.15, 0.2) is 6.10 Å². The number of carbonyl (C=O) groups is 3. The Hall–Kier alpha value is -4.31. The molecule has 0 aliphatic heterocycles. The molecule has 0 aromatic rings. The Morgan fingerprint density at radius 2 is 0.581 bits per heavy atom. The molecule has 0 saturated carbocycles. The summed E-state index contributed by atoms with van der Waals surface area (Å²) in [6, 6.07) is 0. The smallest absolute Gasteiger partial charge is 0.463 e. The molecule has 0 spiro atoms. The number of aliphatic hydroxyl groups is 2. The Morgan fingerprint density at radius 1 is 0.312 bits per heavy atom. The first kappa shape index (κ1) is 88.7. The van der Waals surface area contributed by atoms with Crippen molar-refractivity contribution in [2.45, 2.75) is 283 Å². The molecule has 0 aromatic carbocycles. The van der Waals surface area contributed by atoms with E-state index in [4.69, 9.17) is 32.3 Å². The van der Waals surface area contributed by atoms with Gasteiger partial charge in [-0.1, -0.05) is 257 Å². The standard InChI is InChI=1S/C75H126O16P2/c1-4-7-10-13-16-19-22-24-26-28-29-30-31-32-33-34-35-36-37-38-39-41-43-44-47-49-52-55-58-61-73(78)85-64-70(76)65-87-92(81,82)88-66-71(77)67-89-93(83,84)90-69-72(91-75(80)63-60-57-54-51-46-21-18-15-12-9-6-3)68-86-74(79)62-59-56-53-50-48-45-42-40-27-25-23-20-17-14-11-8-5-2/h7-8,10-11,15-20,24-27,29-30,32-33,42,45,50,53,70-72,76-77H,4-6,9,12-14,21-23,28,31,34-41,43-44,46-49,51-52,54-69H2,1-3H3,(H,81,82)(H,83,84)/b10-7-,11-8-,18-15-,19-16-,20-17-,26-24-,27-25-,30-29-,33-32-,45-42-,53-50-. The van der Waals surface area contributed by atoms with Gasteiger partial charge in [-0.3, -0.25) is 32.5 Å². The Morgan fingerprint density at radius 3 is 0.957 bits per heavy atom. The van der Waals surface area contributed by atoms with E-state index in [1.165, 1.54) is 70.6 Å². The summed E-state index contributed by atoms with van der Waals surface area (Å²) in [7, 11) is -9.79. The number of rotatable bonds is 66. The van der Waals surface area contributed by atoms with Gasteiger partial charge >= 0.3 is 33.6 Å². The zero-order chi connectivity index (χ0) is 68.1. The largest absolute Gasteiger partial charge is 0.472 e. The summed E-state index contributed by atoms with van der Waals surface area (Å²) in [5, 5.41) is 20.6. The molecule has 0 saturated heterocycles. The molecule has 5 atom stereocenters. The van der Waals surface area contributed by atoms with Gasteiger partial charge in [0.2, 0.25) is 0 Å². The molecule has 0 radical (unpaired) electrons.